The van der Waals surface area contributed by atoms with E-state index in [4.69, 9.17) is 4.74 Å². The van der Waals surface area contributed by atoms with Crippen molar-refractivity contribution in [3.05, 3.63) is 18.1 Å². The van der Waals surface area contributed by atoms with E-state index in [9.17, 15) is 5.11 Å². The van der Waals surface area contributed by atoms with Crippen molar-refractivity contribution in [3.8, 4) is 0 Å². The molecule has 0 aliphatic rings. The summed E-state index contributed by atoms with van der Waals surface area (Å²) in [6.07, 6.45) is 1.47. The molecule has 19 heavy (non-hydrogen) atoms. The summed E-state index contributed by atoms with van der Waals surface area (Å²) in [5.41, 5.74) is 0.793. The molecule has 0 saturated heterocycles. The zero-order valence-corrected chi connectivity index (χ0v) is 11.4. The Morgan fingerprint density at radius 2 is 2.26 bits per heavy atom. The van der Waals surface area contributed by atoms with Crippen molar-refractivity contribution in [1.29, 1.82) is 0 Å². The lowest BCUT2D eigenvalue weighted by molar-refractivity contribution is 0.181. The van der Waals surface area contributed by atoms with Crippen LogP contribution in [0.5, 0.6) is 0 Å². The third-order valence-electron chi connectivity index (χ3n) is 2.84. The number of hydrogen-bond donors (Lipinski definition) is 1. The van der Waals surface area contributed by atoms with E-state index in [1.54, 1.807) is 11.6 Å². The van der Waals surface area contributed by atoms with Crippen molar-refractivity contribution < 1.29 is 9.84 Å². The van der Waals surface area contributed by atoms with Gasteiger partial charge in [-0.25, -0.2) is 4.98 Å². The molecular weight excluding hydrogens is 246 g/mol. The minimum absolute atomic E-state index is 0.0797. The molecule has 0 amide bonds. The normalized spacial score (nSPS) is 11.4. The molecule has 0 atom stereocenters. The highest BCUT2D eigenvalue weighted by Crippen LogP contribution is 2.18. The zero-order chi connectivity index (χ0) is 13.8. The maximum atomic E-state index is 9.21. The summed E-state index contributed by atoms with van der Waals surface area (Å²) < 4.78 is 6.80. The lowest BCUT2D eigenvalue weighted by atomic mass is 10.3. The predicted octanol–water partition coefficient (Wildman–Crippen LogP) is 0.478. The molecule has 0 bridgehead atoms. The third kappa shape index (κ3) is 2.82. The molecule has 2 rings (SSSR count). The number of ether oxygens (including phenoxy) is 1. The number of hydrogen-bond acceptors (Lipinski definition) is 6. The Balaban J connectivity index is 2.51. The van der Waals surface area contributed by atoms with Crippen molar-refractivity contribution in [3.63, 3.8) is 0 Å². The molecule has 104 valence electrons. The molecule has 2 aromatic rings. The number of rotatable bonds is 6. The van der Waals surface area contributed by atoms with Gasteiger partial charge in [-0.3, -0.25) is 0 Å². The average Bonchev–Trinajstić information content (AvgIpc) is 2.83. The maximum Gasteiger partial charge on any atom is 0.254 e. The highest BCUT2D eigenvalue weighted by atomic mass is 16.5. The van der Waals surface area contributed by atoms with Crippen LogP contribution in [0.15, 0.2) is 12.4 Å². The number of anilines is 1. The van der Waals surface area contributed by atoms with Crippen LogP contribution in [-0.4, -0.2) is 51.0 Å². The molecule has 2 heterocycles. The SMILES string of the molecule is COCc1cc(N(CCO)C(C)C)n2ncnc2n1. The van der Waals surface area contributed by atoms with Gasteiger partial charge in [0.2, 0.25) is 0 Å². The predicted molar refractivity (Wildman–Crippen MR) is 71.1 cm³/mol. The first-order valence-electron chi connectivity index (χ1n) is 6.23. The van der Waals surface area contributed by atoms with Gasteiger partial charge in [0, 0.05) is 25.8 Å². The molecule has 0 aliphatic carbocycles. The molecule has 1 N–H and O–H groups in total. The first kappa shape index (κ1) is 13.7. The molecule has 0 aromatic carbocycles. The van der Waals surface area contributed by atoms with Crippen LogP contribution in [0.25, 0.3) is 5.78 Å². The maximum absolute atomic E-state index is 9.21. The van der Waals surface area contributed by atoms with E-state index in [-0.39, 0.29) is 12.6 Å². The van der Waals surface area contributed by atoms with Crippen LogP contribution in [0.3, 0.4) is 0 Å². The summed E-state index contributed by atoms with van der Waals surface area (Å²) in [4.78, 5) is 10.5. The number of aliphatic hydroxyl groups is 1. The summed E-state index contributed by atoms with van der Waals surface area (Å²) >= 11 is 0. The van der Waals surface area contributed by atoms with Gasteiger partial charge in [-0.05, 0) is 13.8 Å². The minimum atomic E-state index is 0.0797. The van der Waals surface area contributed by atoms with Crippen LogP contribution >= 0.6 is 0 Å². The van der Waals surface area contributed by atoms with E-state index >= 15 is 0 Å². The molecule has 7 nitrogen and oxygen atoms in total. The Kier molecular flexibility index (Phi) is 4.28. The third-order valence-corrected chi connectivity index (χ3v) is 2.84. The van der Waals surface area contributed by atoms with Crippen LogP contribution < -0.4 is 4.90 Å². The molecule has 0 unspecified atom stereocenters. The first-order valence-corrected chi connectivity index (χ1v) is 6.23. The van der Waals surface area contributed by atoms with E-state index < -0.39 is 0 Å². The topological polar surface area (TPSA) is 75.8 Å². The fourth-order valence-corrected chi connectivity index (χ4v) is 2.02. The Morgan fingerprint density at radius 3 is 2.89 bits per heavy atom. The van der Waals surface area contributed by atoms with Crippen LogP contribution in [0.1, 0.15) is 19.5 Å². The van der Waals surface area contributed by atoms with Gasteiger partial charge in [-0.1, -0.05) is 0 Å². The quantitative estimate of drug-likeness (QED) is 0.818. The number of aromatic nitrogens is 4. The fraction of sp³-hybridized carbons (Fsp3) is 0.583. The largest absolute Gasteiger partial charge is 0.395 e. The van der Waals surface area contributed by atoms with Crippen LogP contribution in [-0.2, 0) is 11.3 Å². The van der Waals surface area contributed by atoms with Gasteiger partial charge in [0.15, 0.2) is 0 Å². The number of aliphatic hydroxyl groups excluding tert-OH is 1. The molecule has 0 radical (unpaired) electrons. The smallest absolute Gasteiger partial charge is 0.254 e. The fourth-order valence-electron chi connectivity index (χ4n) is 2.02. The van der Waals surface area contributed by atoms with Gasteiger partial charge in [0.25, 0.3) is 5.78 Å². The lowest BCUT2D eigenvalue weighted by Crippen LogP contribution is -2.35. The summed E-state index contributed by atoms with van der Waals surface area (Å²) in [5, 5.41) is 13.4. The second-order valence-electron chi connectivity index (χ2n) is 4.52. The summed E-state index contributed by atoms with van der Waals surface area (Å²) in [5.74, 6) is 1.40. The minimum Gasteiger partial charge on any atom is -0.395 e. The molecule has 0 spiro atoms. The lowest BCUT2D eigenvalue weighted by Gasteiger charge is -2.28. The van der Waals surface area contributed by atoms with Gasteiger partial charge in [0.05, 0.1) is 18.9 Å². The Hall–Kier alpha value is -1.73. The van der Waals surface area contributed by atoms with E-state index in [1.165, 1.54) is 6.33 Å². The molecular formula is C12H19N5O2. The van der Waals surface area contributed by atoms with Crippen molar-refractivity contribution >= 4 is 11.6 Å². The van der Waals surface area contributed by atoms with Gasteiger partial charge in [0.1, 0.15) is 12.1 Å². The molecule has 0 aliphatic heterocycles. The van der Waals surface area contributed by atoms with Gasteiger partial charge in [-0.15, -0.1) is 0 Å². The van der Waals surface area contributed by atoms with E-state index in [0.717, 1.165) is 11.5 Å². The van der Waals surface area contributed by atoms with Crippen molar-refractivity contribution in [2.24, 2.45) is 0 Å². The van der Waals surface area contributed by atoms with Crippen molar-refractivity contribution in [1.82, 2.24) is 19.6 Å². The highest BCUT2D eigenvalue weighted by molar-refractivity contribution is 5.47. The Labute approximate surface area is 111 Å². The van der Waals surface area contributed by atoms with Crippen molar-refractivity contribution in [2.75, 3.05) is 25.2 Å². The van der Waals surface area contributed by atoms with Crippen molar-refractivity contribution in [2.45, 2.75) is 26.5 Å². The Bertz CT molecular complexity index is 540. The van der Waals surface area contributed by atoms with E-state index in [2.05, 4.69) is 33.8 Å². The summed E-state index contributed by atoms with van der Waals surface area (Å²) in [6.45, 7) is 5.16. The van der Waals surface area contributed by atoms with Crippen LogP contribution in [0, 0.1) is 0 Å². The second kappa shape index (κ2) is 5.94. The highest BCUT2D eigenvalue weighted by Gasteiger charge is 2.16. The number of methoxy groups -OCH3 is 1. The average molecular weight is 265 g/mol. The zero-order valence-electron chi connectivity index (χ0n) is 11.4. The summed E-state index contributed by atoms with van der Waals surface area (Å²) in [6, 6.07) is 2.15. The number of fused-ring (bicyclic) bond motifs is 1. The van der Waals surface area contributed by atoms with E-state index in [1.807, 2.05) is 6.07 Å². The monoisotopic (exact) mass is 265 g/mol. The van der Waals surface area contributed by atoms with E-state index in [0.29, 0.717) is 18.9 Å². The molecule has 7 heteroatoms. The molecule has 0 saturated carbocycles. The second-order valence-corrected chi connectivity index (χ2v) is 4.52. The molecule has 2 aromatic heterocycles. The molecule has 0 fully saturated rings. The first-order chi connectivity index (χ1) is 9.17. The number of nitrogens with zero attached hydrogens (tertiary/aromatic N) is 5. The summed E-state index contributed by atoms with van der Waals surface area (Å²) in [7, 11) is 1.63. The van der Waals surface area contributed by atoms with Gasteiger partial charge in [-0.2, -0.15) is 14.6 Å². The van der Waals surface area contributed by atoms with Crippen LogP contribution in [0.2, 0.25) is 0 Å². The van der Waals surface area contributed by atoms with Crippen LogP contribution in [0.4, 0.5) is 5.82 Å². The van der Waals surface area contributed by atoms with Gasteiger partial charge >= 0.3 is 0 Å². The Morgan fingerprint density at radius 1 is 1.47 bits per heavy atom. The van der Waals surface area contributed by atoms with Gasteiger partial charge < -0.3 is 14.7 Å². The standard InChI is InChI=1S/C12H19N5O2/c1-9(2)16(4-5-18)11-6-10(7-19-3)15-12-13-8-14-17(11)12/h6,8-9,18H,4-5,7H2,1-3H3.